The SMILES string of the molecule is NCCNC(=O)C=O. The lowest BCUT2D eigenvalue weighted by atomic mass is 10.6. The molecule has 46 valence electrons. The predicted octanol–water partition coefficient (Wildman–Crippen LogP) is -1.74. The Morgan fingerprint density at radius 3 is 2.75 bits per heavy atom. The highest BCUT2D eigenvalue weighted by atomic mass is 16.2. The Labute approximate surface area is 47.0 Å². The van der Waals surface area contributed by atoms with E-state index in [-0.39, 0.29) is 6.29 Å². The first kappa shape index (κ1) is 7.10. The zero-order valence-corrected chi connectivity index (χ0v) is 4.39. The number of amides is 1. The summed E-state index contributed by atoms with van der Waals surface area (Å²) in [5, 5.41) is 2.25. The Kier molecular flexibility index (Phi) is 3.78. The van der Waals surface area contributed by atoms with Crippen molar-refractivity contribution in [1.82, 2.24) is 5.32 Å². The van der Waals surface area contributed by atoms with E-state index in [4.69, 9.17) is 5.73 Å². The van der Waals surface area contributed by atoms with E-state index in [1.54, 1.807) is 0 Å². The van der Waals surface area contributed by atoms with Crippen LogP contribution in [0.3, 0.4) is 0 Å². The topological polar surface area (TPSA) is 72.2 Å². The van der Waals surface area contributed by atoms with Crippen molar-refractivity contribution in [2.24, 2.45) is 5.73 Å². The van der Waals surface area contributed by atoms with E-state index < -0.39 is 5.91 Å². The molecule has 4 heteroatoms. The molecule has 0 saturated carbocycles. The van der Waals surface area contributed by atoms with Crippen molar-refractivity contribution >= 4 is 12.2 Å². The van der Waals surface area contributed by atoms with Crippen LogP contribution in [0.25, 0.3) is 0 Å². The maximum atomic E-state index is 10.0. The summed E-state index contributed by atoms with van der Waals surface area (Å²) in [6, 6.07) is 0. The van der Waals surface area contributed by atoms with Gasteiger partial charge in [0.15, 0.2) is 0 Å². The van der Waals surface area contributed by atoms with E-state index in [0.29, 0.717) is 13.1 Å². The van der Waals surface area contributed by atoms with Gasteiger partial charge in [-0.1, -0.05) is 0 Å². The Hall–Kier alpha value is -0.900. The quantitative estimate of drug-likeness (QED) is 0.339. The number of nitrogens with two attached hydrogens (primary N) is 1. The third-order valence-corrected chi connectivity index (χ3v) is 0.551. The molecule has 0 heterocycles. The first-order valence-electron chi connectivity index (χ1n) is 2.24. The van der Waals surface area contributed by atoms with Gasteiger partial charge in [0.05, 0.1) is 0 Å². The van der Waals surface area contributed by atoms with Crippen LogP contribution in [0.1, 0.15) is 0 Å². The van der Waals surface area contributed by atoms with Gasteiger partial charge in [0.1, 0.15) is 0 Å². The monoisotopic (exact) mass is 116 g/mol. The van der Waals surface area contributed by atoms with Crippen LogP contribution in [-0.2, 0) is 9.59 Å². The van der Waals surface area contributed by atoms with Gasteiger partial charge in [-0.05, 0) is 0 Å². The Morgan fingerprint density at radius 1 is 1.75 bits per heavy atom. The number of hydrogen-bond donors (Lipinski definition) is 2. The third kappa shape index (κ3) is 3.30. The third-order valence-electron chi connectivity index (χ3n) is 0.551. The number of nitrogens with one attached hydrogen (secondary N) is 1. The standard InChI is InChI=1S/C4H8N2O2/c5-1-2-6-4(8)3-7/h3H,1-2,5H2,(H,6,8). The molecule has 0 fully saturated rings. The summed E-state index contributed by atoms with van der Waals surface area (Å²) in [5.41, 5.74) is 5.00. The second kappa shape index (κ2) is 4.26. The molecule has 0 aromatic rings. The van der Waals surface area contributed by atoms with Crippen LogP contribution in [0, 0.1) is 0 Å². The molecule has 0 aromatic heterocycles. The molecule has 0 bridgehead atoms. The second-order valence-corrected chi connectivity index (χ2v) is 1.20. The summed E-state index contributed by atoms with van der Waals surface area (Å²) in [6.45, 7) is 0.719. The average molecular weight is 116 g/mol. The van der Waals surface area contributed by atoms with Crippen LogP contribution >= 0.6 is 0 Å². The van der Waals surface area contributed by atoms with Crippen molar-refractivity contribution in [2.75, 3.05) is 13.1 Å². The molecule has 3 N–H and O–H groups in total. The molecule has 0 aliphatic rings. The largest absolute Gasteiger partial charge is 0.348 e. The number of aldehydes is 1. The second-order valence-electron chi connectivity index (χ2n) is 1.20. The maximum absolute atomic E-state index is 10.0. The van der Waals surface area contributed by atoms with Crippen LogP contribution in [-0.4, -0.2) is 25.3 Å². The summed E-state index contributed by atoms with van der Waals surface area (Å²) in [7, 11) is 0. The molecule has 0 unspecified atom stereocenters. The zero-order chi connectivity index (χ0) is 6.41. The number of carbonyl (C=O) groups is 2. The van der Waals surface area contributed by atoms with Gasteiger partial charge in [-0.15, -0.1) is 0 Å². The van der Waals surface area contributed by atoms with Gasteiger partial charge in [0.2, 0.25) is 6.29 Å². The highest BCUT2D eigenvalue weighted by molar-refractivity contribution is 6.23. The van der Waals surface area contributed by atoms with Gasteiger partial charge < -0.3 is 11.1 Å². The van der Waals surface area contributed by atoms with E-state index in [1.807, 2.05) is 0 Å². The first-order valence-corrected chi connectivity index (χ1v) is 2.24. The van der Waals surface area contributed by atoms with Crippen molar-refractivity contribution in [3.05, 3.63) is 0 Å². The minimum absolute atomic E-state index is 0.218. The molecule has 0 aliphatic carbocycles. The molecule has 0 rings (SSSR count). The molecule has 8 heavy (non-hydrogen) atoms. The van der Waals surface area contributed by atoms with Crippen LogP contribution in [0.2, 0.25) is 0 Å². The molecular weight excluding hydrogens is 108 g/mol. The maximum Gasteiger partial charge on any atom is 0.284 e. The lowest BCUT2D eigenvalue weighted by Crippen LogP contribution is -2.29. The Morgan fingerprint density at radius 2 is 2.38 bits per heavy atom. The Balaban J connectivity index is 3.11. The van der Waals surface area contributed by atoms with Crippen molar-refractivity contribution in [2.45, 2.75) is 0 Å². The molecular formula is C4H8N2O2. The lowest BCUT2D eigenvalue weighted by Gasteiger charge is -1.92. The summed E-state index contributed by atoms with van der Waals surface area (Å²) in [6.07, 6.45) is 0.218. The average Bonchev–Trinajstić information content (AvgIpc) is 1.83. The van der Waals surface area contributed by atoms with Gasteiger partial charge in [-0.2, -0.15) is 0 Å². The van der Waals surface area contributed by atoms with Gasteiger partial charge in [0, 0.05) is 13.1 Å². The van der Waals surface area contributed by atoms with Gasteiger partial charge in [-0.25, -0.2) is 0 Å². The van der Waals surface area contributed by atoms with E-state index >= 15 is 0 Å². The van der Waals surface area contributed by atoms with Crippen LogP contribution in [0.4, 0.5) is 0 Å². The zero-order valence-electron chi connectivity index (χ0n) is 4.39. The number of rotatable bonds is 3. The molecule has 4 nitrogen and oxygen atoms in total. The van der Waals surface area contributed by atoms with Crippen LogP contribution in [0.5, 0.6) is 0 Å². The molecule has 0 atom stereocenters. The predicted molar refractivity (Wildman–Crippen MR) is 28.1 cm³/mol. The van der Waals surface area contributed by atoms with Crippen LogP contribution < -0.4 is 11.1 Å². The molecule has 0 aliphatic heterocycles. The van der Waals surface area contributed by atoms with Gasteiger partial charge in [0.25, 0.3) is 5.91 Å². The fraction of sp³-hybridized carbons (Fsp3) is 0.500. The lowest BCUT2D eigenvalue weighted by molar-refractivity contribution is -0.131. The Bertz CT molecular complexity index is 92.0. The first-order chi connectivity index (χ1) is 3.81. The molecule has 0 aromatic carbocycles. The van der Waals surface area contributed by atoms with Crippen LogP contribution in [0.15, 0.2) is 0 Å². The van der Waals surface area contributed by atoms with E-state index in [0.717, 1.165) is 0 Å². The van der Waals surface area contributed by atoms with E-state index in [1.165, 1.54) is 0 Å². The molecule has 0 radical (unpaired) electrons. The summed E-state index contributed by atoms with van der Waals surface area (Å²) in [4.78, 5) is 19.6. The minimum atomic E-state index is -0.615. The van der Waals surface area contributed by atoms with E-state index in [2.05, 4.69) is 5.32 Å². The highest BCUT2D eigenvalue weighted by Gasteiger charge is 1.91. The summed E-state index contributed by atoms with van der Waals surface area (Å²) in [5.74, 6) is -0.615. The van der Waals surface area contributed by atoms with Crippen molar-refractivity contribution < 1.29 is 9.59 Å². The molecule has 0 saturated heterocycles. The summed E-state index contributed by atoms with van der Waals surface area (Å²) < 4.78 is 0. The normalized spacial score (nSPS) is 8.12. The summed E-state index contributed by atoms with van der Waals surface area (Å²) >= 11 is 0. The highest BCUT2D eigenvalue weighted by Crippen LogP contribution is 1.52. The molecule has 0 spiro atoms. The van der Waals surface area contributed by atoms with Crippen molar-refractivity contribution in [3.8, 4) is 0 Å². The molecule has 1 amide bonds. The fourth-order valence-electron chi connectivity index (χ4n) is 0.237. The smallest absolute Gasteiger partial charge is 0.284 e. The van der Waals surface area contributed by atoms with E-state index in [9.17, 15) is 9.59 Å². The van der Waals surface area contributed by atoms with Crippen molar-refractivity contribution in [3.63, 3.8) is 0 Å². The van der Waals surface area contributed by atoms with Gasteiger partial charge >= 0.3 is 0 Å². The van der Waals surface area contributed by atoms with Crippen molar-refractivity contribution in [1.29, 1.82) is 0 Å². The number of hydrogen-bond acceptors (Lipinski definition) is 3. The number of carbonyl (C=O) groups excluding carboxylic acids is 2. The minimum Gasteiger partial charge on any atom is -0.348 e. The fourth-order valence-corrected chi connectivity index (χ4v) is 0.237. The van der Waals surface area contributed by atoms with Gasteiger partial charge in [-0.3, -0.25) is 9.59 Å².